The van der Waals surface area contributed by atoms with Gasteiger partial charge in [0.1, 0.15) is 0 Å². The lowest BCUT2D eigenvalue weighted by molar-refractivity contribution is 0.330. The average molecular weight is 440 g/mol. The van der Waals surface area contributed by atoms with Gasteiger partial charge in [0, 0.05) is 54.4 Å². The van der Waals surface area contributed by atoms with Crippen molar-refractivity contribution in [2.75, 3.05) is 6.54 Å². The Morgan fingerprint density at radius 3 is 2.36 bits per heavy atom. The van der Waals surface area contributed by atoms with Crippen LogP contribution in [-0.2, 0) is 13.1 Å². The molecule has 5 heteroatoms. The summed E-state index contributed by atoms with van der Waals surface area (Å²) in [6.07, 6.45) is 5.82. The van der Waals surface area contributed by atoms with Gasteiger partial charge in [-0.1, -0.05) is 60.7 Å². The first-order valence-electron chi connectivity index (χ1n) is 11.5. The number of hydrogen-bond acceptors (Lipinski definition) is 4. The molecule has 5 nitrogen and oxygen atoms in total. The molecule has 1 atom stereocenters. The minimum absolute atomic E-state index is 0.0657. The molecule has 4 rings (SSSR count). The fraction of sp³-hybridized carbons (Fsp3) is 0.286. The van der Waals surface area contributed by atoms with Crippen LogP contribution in [0.4, 0.5) is 0 Å². The molecule has 2 heterocycles. The van der Waals surface area contributed by atoms with Crippen molar-refractivity contribution in [2.45, 2.75) is 45.4 Å². The van der Waals surface area contributed by atoms with Gasteiger partial charge < -0.3 is 10.6 Å². The first kappa shape index (κ1) is 22.9. The van der Waals surface area contributed by atoms with Gasteiger partial charge in [-0.3, -0.25) is 9.67 Å². The van der Waals surface area contributed by atoms with Crippen molar-refractivity contribution in [1.82, 2.24) is 25.4 Å². The smallest absolute Gasteiger partial charge is 0.0983 e. The fourth-order valence-electron chi connectivity index (χ4n) is 4.16. The van der Waals surface area contributed by atoms with Crippen LogP contribution in [0.2, 0.25) is 0 Å². The summed E-state index contributed by atoms with van der Waals surface area (Å²) in [5.74, 6) is 0. The monoisotopic (exact) mass is 439 g/mol. The Labute approximate surface area is 196 Å². The molecule has 0 bridgehead atoms. The third kappa shape index (κ3) is 6.37. The van der Waals surface area contributed by atoms with Crippen molar-refractivity contribution >= 4 is 0 Å². The van der Waals surface area contributed by atoms with Crippen molar-refractivity contribution in [3.8, 4) is 11.3 Å². The van der Waals surface area contributed by atoms with Crippen LogP contribution in [0.5, 0.6) is 0 Å². The normalized spacial score (nSPS) is 12.6. The lowest BCUT2D eigenvalue weighted by Gasteiger charge is -2.31. The summed E-state index contributed by atoms with van der Waals surface area (Å²) in [7, 11) is 0. The molecule has 1 unspecified atom stereocenters. The second kappa shape index (κ2) is 10.6. The first-order valence-corrected chi connectivity index (χ1v) is 11.5. The molecule has 2 aromatic carbocycles. The second-order valence-electron chi connectivity index (χ2n) is 9.19. The van der Waals surface area contributed by atoms with E-state index in [-0.39, 0.29) is 11.6 Å². The van der Waals surface area contributed by atoms with E-state index in [2.05, 4.69) is 103 Å². The van der Waals surface area contributed by atoms with Gasteiger partial charge in [-0.15, -0.1) is 0 Å². The Balaban J connectivity index is 1.44. The summed E-state index contributed by atoms with van der Waals surface area (Å²) in [5, 5.41) is 12.3. The largest absolute Gasteiger partial charge is 0.311 e. The van der Waals surface area contributed by atoms with E-state index in [1.807, 2.05) is 23.0 Å². The first-order chi connectivity index (χ1) is 16.0. The third-order valence-corrected chi connectivity index (χ3v) is 5.75. The van der Waals surface area contributed by atoms with E-state index in [1.54, 1.807) is 6.20 Å². The molecular weight excluding hydrogens is 406 g/mol. The number of benzene rings is 2. The molecule has 0 spiro atoms. The summed E-state index contributed by atoms with van der Waals surface area (Å²) in [5.41, 5.74) is 5.66. The summed E-state index contributed by atoms with van der Waals surface area (Å²) in [6.45, 7) is 9.01. The molecule has 0 saturated carbocycles. The van der Waals surface area contributed by atoms with Gasteiger partial charge in [0.25, 0.3) is 0 Å². The highest BCUT2D eigenvalue weighted by molar-refractivity contribution is 5.61. The van der Waals surface area contributed by atoms with Crippen molar-refractivity contribution in [1.29, 1.82) is 0 Å². The van der Waals surface area contributed by atoms with Gasteiger partial charge in [0.15, 0.2) is 0 Å². The molecule has 4 aromatic rings. The molecule has 170 valence electrons. The van der Waals surface area contributed by atoms with E-state index in [0.717, 1.165) is 30.9 Å². The van der Waals surface area contributed by atoms with Crippen molar-refractivity contribution in [2.24, 2.45) is 0 Å². The molecule has 0 fully saturated rings. The number of aromatic nitrogens is 3. The van der Waals surface area contributed by atoms with E-state index >= 15 is 0 Å². The highest BCUT2D eigenvalue weighted by Gasteiger charge is 2.21. The SMILES string of the molecule is CC(NC(C)(C)CNCc1cn(Cc2ccccc2)nc1-c1cccnc1)c1ccccc1. The second-order valence-corrected chi connectivity index (χ2v) is 9.19. The molecule has 0 saturated heterocycles. The van der Waals surface area contributed by atoms with Gasteiger partial charge in [-0.05, 0) is 44.0 Å². The third-order valence-electron chi connectivity index (χ3n) is 5.75. The Morgan fingerprint density at radius 1 is 0.939 bits per heavy atom. The Morgan fingerprint density at radius 2 is 1.67 bits per heavy atom. The van der Waals surface area contributed by atoms with E-state index < -0.39 is 0 Å². The molecule has 2 aromatic heterocycles. The molecule has 0 aliphatic heterocycles. The highest BCUT2D eigenvalue weighted by Crippen LogP contribution is 2.22. The Bertz CT molecular complexity index is 1120. The van der Waals surface area contributed by atoms with Crippen LogP contribution in [-0.4, -0.2) is 26.8 Å². The lowest BCUT2D eigenvalue weighted by Crippen LogP contribution is -2.48. The topological polar surface area (TPSA) is 54.8 Å². The fourth-order valence-corrected chi connectivity index (χ4v) is 4.16. The van der Waals surface area contributed by atoms with Crippen molar-refractivity contribution in [3.05, 3.63) is 108 Å². The molecule has 0 amide bonds. The predicted octanol–water partition coefficient (Wildman–Crippen LogP) is 5.21. The quantitative estimate of drug-likeness (QED) is 0.356. The zero-order valence-corrected chi connectivity index (χ0v) is 19.7. The Hall–Kier alpha value is -3.28. The molecular formula is C28H33N5. The van der Waals surface area contributed by atoms with Crippen LogP contribution in [0.15, 0.2) is 91.4 Å². The van der Waals surface area contributed by atoms with E-state index in [0.29, 0.717) is 0 Å². The van der Waals surface area contributed by atoms with Crippen LogP contribution >= 0.6 is 0 Å². The van der Waals surface area contributed by atoms with Crippen molar-refractivity contribution < 1.29 is 0 Å². The zero-order chi connectivity index (χ0) is 23.1. The van der Waals surface area contributed by atoms with Crippen molar-refractivity contribution in [3.63, 3.8) is 0 Å². The molecule has 0 radical (unpaired) electrons. The van der Waals surface area contributed by atoms with E-state index in [1.165, 1.54) is 16.7 Å². The van der Waals surface area contributed by atoms with Crippen LogP contribution < -0.4 is 10.6 Å². The van der Waals surface area contributed by atoms with Gasteiger partial charge in [-0.25, -0.2) is 0 Å². The summed E-state index contributed by atoms with van der Waals surface area (Å²) in [4.78, 5) is 4.30. The van der Waals surface area contributed by atoms with Crippen LogP contribution in [0.1, 0.15) is 43.5 Å². The highest BCUT2D eigenvalue weighted by atomic mass is 15.3. The van der Waals surface area contributed by atoms with Crippen LogP contribution in [0, 0.1) is 0 Å². The molecule has 0 aliphatic carbocycles. The van der Waals surface area contributed by atoms with Crippen LogP contribution in [0.3, 0.4) is 0 Å². The minimum Gasteiger partial charge on any atom is -0.311 e. The van der Waals surface area contributed by atoms with Gasteiger partial charge in [-0.2, -0.15) is 5.10 Å². The summed E-state index contributed by atoms with van der Waals surface area (Å²) >= 11 is 0. The minimum atomic E-state index is -0.0657. The van der Waals surface area contributed by atoms with E-state index in [4.69, 9.17) is 5.10 Å². The summed E-state index contributed by atoms with van der Waals surface area (Å²) in [6, 6.07) is 25.3. The standard InChI is InChI=1S/C28H33N5/c1-22(24-13-8-5-9-14-24)31-28(2,3)21-30-18-26-20-33(19-23-11-6-4-7-12-23)32-27(26)25-15-10-16-29-17-25/h4-17,20,22,30-31H,18-19,21H2,1-3H3. The maximum absolute atomic E-state index is 4.90. The number of rotatable bonds is 10. The molecule has 33 heavy (non-hydrogen) atoms. The van der Waals surface area contributed by atoms with E-state index in [9.17, 15) is 0 Å². The average Bonchev–Trinajstić information content (AvgIpc) is 3.23. The lowest BCUT2D eigenvalue weighted by atomic mass is 10.0. The number of nitrogens with one attached hydrogen (secondary N) is 2. The number of nitrogens with zero attached hydrogens (tertiary/aromatic N) is 3. The van der Waals surface area contributed by atoms with Crippen LogP contribution in [0.25, 0.3) is 11.3 Å². The maximum atomic E-state index is 4.90. The van der Waals surface area contributed by atoms with Gasteiger partial charge in [0.2, 0.25) is 0 Å². The Kier molecular flexibility index (Phi) is 7.33. The van der Waals surface area contributed by atoms with Gasteiger partial charge in [0.05, 0.1) is 12.2 Å². The predicted molar refractivity (Wildman–Crippen MR) is 135 cm³/mol. The number of pyridine rings is 1. The zero-order valence-electron chi connectivity index (χ0n) is 19.7. The summed E-state index contributed by atoms with van der Waals surface area (Å²) < 4.78 is 2.02. The number of hydrogen-bond donors (Lipinski definition) is 2. The molecule has 2 N–H and O–H groups in total. The van der Waals surface area contributed by atoms with Gasteiger partial charge >= 0.3 is 0 Å². The maximum Gasteiger partial charge on any atom is 0.0983 e. The molecule has 0 aliphatic rings.